The van der Waals surface area contributed by atoms with E-state index in [2.05, 4.69) is 10.6 Å². The van der Waals surface area contributed by atoms with Crippen molar-refractivity contribution in [3.63, 3.8) is 0 Å². The van der Waals surface area contributed by atoms with Gasteiger partial charge >= 0.3 is 12.0 Å². The quantitative estimate of drug-likeness (QED) is 0.591. The van der Waals surface area contributed by atoms with Gasteiger partial charge in [-0.3, -0.25) is 14.5 Å². The van der Waals surface area contributed by atoms with Crippen molar-refractivity contribution >= 4 is 23.8 Å². The molecule has 1 heterocycles. The third kappa shape index (κ3) is 3.25. The number of carbonyl (C=O) groups excluding carboxylic acids is 3. The summed E-state index contributed by atoms with van der Waals surface area (Å²) in [5.41, 5.74) is -1.05. The molecule has 0 saturated carbocycles. The average molecular weight is 285 g/mol. The summed E-state index contributed by atoms with van der Waals surface area (Å²) < 4.78 is 0. The number of amides is 4. The predicted octanol–water partition coefficient (Wildman–Crippen LogP) is -0.458. The van der Waals surface area contributed by atoms with Crippen LogP contribution in [0.4, 0.5) is 4.79 Å². The largest absolute Gasteiger partial charge is 0.480 e. The number of urea groups is 1. The molecule has 0 aromatic rings. The van der Waals surface area contributed by atoms with Gasteiger partial charge < -0.3 is 15.7 Å². The lowest BCUT2D eigenvalue weighted by molar-refractivity contribution is -0.143. The molecule has 112 valence electrons. The van der Waals surface area contributed by atoms with Crippen molar-refractivity contribution in [3.05, 3.63) is 0 Å². The van der Waals surface area contributed by atoms with Crippen LogP contribution in [0.2, 0.25) is 0 Å². The Morgan fingerprint density at radius 2 is 1.90 bits per heavy atom. The third-order valence-electron chi connectivity index (χ3n) is 3.00. The van der Waals surface area contributed by atoms with Gasteiger partial charge in [0, 0.05) is 0 Å². The van der Waals surface area contributed by atoms with Crippen LogP contribution >= 0.6 is 0 Å². The monoisotopic (exact) mass is 285 g/mol. The number of nitrogens with zero attached hydrogens (tertiary/aromatic N) is 1. The van der Waals surface area contributed by atoms with E-state index in [0.717, 1.165) is 4.90 Å². The first kappa shape index (κ1) is 15.9. The Morgan fingerprint density at radius 3 is 2.25 bits per heavy atom. The molecule has 1 fully saturated rings. The number of hydrogen-bond acceptors (Lipinski definition) is 4. The molecule has 3 N–H and O–H groups in total. The fraction of sp³-hybridized carbons (Fsp3) is 0.667. The fourth-order valence-corrected chi connectivity index (χ4v) is 1.84. The summed E-state index contributed by atoms with van der Waals surface area (Å²) in [7, 11) is 0. The first-order valence-electron chi connectivity index (χ1n) is 6.22. The Morgan fingerprint density at radius 1 is 1.35 bits per heavy atom. The highest BCUT2D eigenvalue weighted by molar-refractivity contribution is 6.08. The minimum atomic E-state index is -1.16. The number of carboxylic acids is 1. The number of imide groups is 1. The first-order valence-corrected chi connectivity index (χ1v) is 6.22. The van der Waals surface area contributed by atoms with Crippen LogP contribution in [-0.4, -0.2) is 51.9 Å². The number of rotatable bonds is 5. The average Bonchev–Trinajstić information content (AvgIpc) is 2.47. The van der Waals surface area contributed by atoms with E-state index >= 15 is 0 Å². The molecule has 8 nitrogen and oxygen atoms in total. The van der Waals surface area contributed by atoms with E-state index in [1.165, 1.54) is 13.8 Å². The molecule has 0 aromatic carbocycles. The molecule has 20 heavy (non-hydrogen) atoms. The van der Waals surface area contributed by atoms with Crippen LogP contribution < -0.4 is 10.6 Å². The van der Waals surface area contributed by atoms with E-state index in [1.54, 1.807) is 13.8 Å². The molecular weight excluding hydrogens is 266 g/mol. The summed E-state index contributed by atoms with van der Waals surface area (Å²) in [6, 6.07) is -1.72. The lowest BCUT2D eigenvalue weighted by Gasteiger charge is -2.20. The zero-order valence-electron chi connectivity index (χ0n) is 11.9. The number of aliphatic carboxylic acids is 1. The molecule has 4 amide bonds. The van der Waals surface area contributed by atoms with Crippen LogP contribution in [0.5, 0.6) is 0 Å². The molecule has 8 heteroatoms. The first-order chi connectivity index (χ1) is 9.06. The van der Waals surface area contributed by atoms with Gasteiger partial charge in [0.1, 0.15) is 18.1 Å². The normalized spacial score (nSPS) is 18.9. The summed E-state index contributed by atoms with van der Waals surface area (Å²) in [6.45, 7) is 5.86. The highest BCUT2D eigenvalue weighted by Crippen LogP contribution is 2.16. The summed E-state index contributed by atoms with van der Waals surface area (Å²) in [6.07, 6.45) is 0. The van der Waals surface area contributed by atoms with Crippen molar-refractivity contribution in [3.8, 4) is 0 Å². The SMILES string of the molecule is CC(C)[C@H](NC(=O)CN1C(=O)NC(C)(C)C1=O)C(=O)O. The van der Waals surface area contributed by atoms with Gasteiger partial charge in [0.2, 0.25) is 5.91 Å². The summed E-state index contributed by atoms with van der Waals surface area (Å²) in [4.78, 5) is 47.0. The van der Waals surface area contributed by atoms with Crippen molar-refractivity contribution in [2.24, 2.45) is 5.92 Å². The number of carboxylic acid groups (broad SMARTS) is 1. The van der Waals surface area contributed by atoms with E-state index in [1.807, 2.05) is 0 Å². The lowest BCUT2D eigenvalue weighted by atomic mass is 10.0. The van der Waals surface area contributed by atoms with E-state index in [4.69, 9.17) is 5.11 Å². The van der Waals surface area contributed by atoms with Gasteiger partial charge in [-0.25, -0.2) is 9.59 Å². The van der Waals surface area contributed by atoms with Crippen LogP contribution in [0.25, 0.3) is 0 Å². The fourth-order valence-electron chi connectivity index (χ4n) is 1.84. The molecule has 1 saturated heterocycles. The topological polar surface area (TPSA) is 116 Å². The van der Waals surface area contributed by atoms with Gasteiger partial charge in [-0.15, -0.1) is 0 Å². The van der Waals surface area contributed by atoms with Crippen molar-refractivity contribution in [2.75, 3.05) is 6.54 Å². The van der Waals surface area contributed by atoms with Crippen LogP contribution in [0.3, 0.4) is 0 Å². The standard InChI is InChI=1S/C12H19N3O5/c1-6(2)8(9(17)18)13-7(16)5-15-10(19)12(3,4)14-11(15)20/h6,8H,5H2,1-4H3,(H,13,16)(H,14,20)(H,17,18)/t8-/m0/s1. The van der Waals surface area contributed by atoms with Crippen molar-refractivity contribution < 1.29 is 24.3 Å². The van der Waals surface area contributed by atoms with Gasteiger partial charge in [0.15, 0.2) is 0 Å². The smallest absolute Gasteiger partial charge is 0.326 e. The molecule has 0 spiro atoms. The van der Waals surface area contributed by atoms with Crippen molar-refractivity contribution in [1.29, 1.82) is 0 Å². The minimum absolute atomic E-state index is 0.309. The summed E-state index contributed by atoms with van der Waals surface area (Å²) in [5.74, 6) is -2.68. The van der Waals surface area contributed by atoms with Gasteiger partial charge in [-0.05, 0) is 19.8 Å². The molecule has 1 rings (SSSR count). The van der Waals surface area contributed by atoms with Crippen molar-refractivity contribution in [2.45, 2.75) is 39.3 Å². The van der Waals surface area contributed by atoms with Crippen LogP contribution in [0, 0.1) is 5.92 Å². The summed E-state index contributed by atoms with van der Waals surface area (Å²) in [5, 5.41) is 13.7. The number of nitrogens with one attached hydrogen (secondary N) is 2. The molecule has 0 bridgehead atoms. The van der Waals surface area contributed by atoms with E-state index in [0.29, 0.717) is 0 Å². The van der Waals surface area contributed by atoms with E-state index in [-0.39, 0.29) is 5.92 Å². The van der Waals surface area contributed by atoms with Crippen molar-refractivity contribution in [1.82, 2.24) is 15.5 Å². The predicted molar refractivity (Wildman–Crippen MR) is 68.7 cm³/mol. The Labute approximate surface area is 116 Å². The maximum absolute atomic E-state index is 11.9. The second kappa shape index (κ2) is 5.48. The second-order valence-corrected chi connectivity index (χ2v) is 5.57. The molecule has 0 radical (unpaired) electrons. The Hall–Kier alpha value is -2.12. The van der Waals surface area contributed by atoms with Crippen LogP contribution in [0.15, 0.2) is 0 Å². The van der Waals surface area contributed by atoms with Gasteiger partial charge in [-0.1, -0.05) is 13.8 Å². The van der Waals surface area contributed by atoms with Gasteiger partial charge in [-0.2, -0.15) is 0 Å². The van der Waals surface area contributed by atoms with E-state index in [9.17, 15) is 19.2 Å². The highest BCUT2D eigenvalue weighted by atomic mass is 16.4. The molecule has 1 aliphatic rings. The molecule has 0 aromatic heterocycles. The van der Waals surface area contributed by atoms with Crippen LogP contribution in [-0.2, 0) is 14.4 Å². The molecule has 0 unspecified atom stereocenters. The number of carbonyl (C=O) groups is 4. The lowest BCUT2D eigenvalue weighted by Crippen LogP contribution is -2.49. The zero-order valence-corrected chi connectivity index (χ0v) is 11.9. The highest BCUT2D eigenvalue weighted by Gasteiger charge is 2.45. The zero-order chi connectivity index (χ0) is 15.7. The Balaban J connectivity index is 2.70. The molecule has 1 aliphatic heterocycles. The van der Waals surface area contributed by atoms with Gasteiger partial charge in [0.05, 0.1) is 0 Å². The van der Waals surface area contributed by atoms with Crippen LogP contribution in [0.1, 0.15) is 27.7 Å². The Bertz CT molecular complexity index is 458. The maximum Gasteiger partial charge on any atom is 0.326 e. The second-order valence-electron chi connectivity index (χ2n) is 5.57. The number of hydrogen-bond donors (Lipinski definition) is 3. The maximum atomic E-state index is 11.9. The van der Waals surface area contributed by atoms with E-state index < -0.39 is 41.9 Å². The summed E-state index contributed by atoms with van der Waals surface area (Å²) >= 11 is 0. The molecule has 0 aliphatic carbocycles. The third-order valence-corrected chi connectivity index (χ3v) is 3.00. The Kier molecular flexibility index (Phi) is 4.36. The molecule has 1 atom stereocenters. The molecular formula is C12H19N3O5. The van der Waals surface area contributed by atoms with Gasteiger partial charge in [0.25, 0.3) is 5.91 Å². The minimum Gasteiger partial charge on any atom is -0.480 e.